The van der Waals surface area contributed by atoms with Crippen molar-refractivity contribution in [2.24, 2.45) is 13.0 Å². The molecule has 2 aromatic rings. The van der Waals surface area contributed by atoms with E-state index in [0.717, 1.165) is 19.0 Å². The number of nitro groups is 1. The molecule has 3 rings (SSSR count). The quantitative estimate of drug-likeness (QED) is 0.615. The van der Waals surface area contributed by atoms with Crippen LogP contribution in [0.2, 0.25) is 0 Å². The summed E-state index contributed by atoms with van der Waals surface area (Å²) in [4.78, 5) is 24.3. The Labute approximate surface area is 138 Å². The second kappa shape index (κ2) is 6.40. The van der Waals surface area contributed by atoms with Crippen molar-refractivity contribution in [2.75, 3.05) is 23.7 Å². The van der Waals surface area contributed by atoms with Crippen molar-refractivity contribution in [3.05, 3.63) is 34.5 Å². The van der Waals surface area contributed by atoms with E-state index in [1.807, 2.05) is 16.5 Å². The van der Waals surface area contributed by atoms with Crippen molar-refractivity contribution >= 4 is 17.5 Å². The predicted octanol–water partition coefficient (Wildman–Crippen LogP) is 0.650. The van der Waals surface area contributed by atoms with Crippen molar-refractivity contribution in [1.82, 2.24) is 19.5 Å². The Bertz CT molecular complexity index is 740. The number of nitrogen functional groups attached to an aromatic ring is 1. The van der Waals surface area contributed by atoms with Gasteiger partial charge in [0, 0.05) is 32.5 Å². The van der Waals surface area contributed by atoms with Crippen molar-refractivity contribution in [1.29, 1.82) is 0 Å². The Kier molecular flexibility index (Phi) is 4.30. The number of aliphatic hydroxyl groups is 1. The molecule has 0 amide bonds. The van der Waals surface area contributed by atoms with E-state index >= 15 is 0 Å². The molecular weight excluding hydrogens is 314 g/mol. The van der Waals surface area contributed by atoms with Crippen LogP contribution < -0.4 is 10.6 Å². The Morgan fingerprint density at radius 2 is 2.12 bits per heavy atom. The number of rotatable bonds is 4. The van der Waals surface area contributed by atoms with Crippen LogP contribution in [-0.2, 0) is 7.05 Å². The van der Waals surface area contributed by atoms with E-state index in [0.29, 0.717) is 24.9 Å². The van der Waals surface area contributed by atoms with Gasteiger partial charge in [0.05, 0.1) is 4.92 Å². The number of imidazole rings is 1. The van der Waals surface area contributed by atoms with Gasteiger partial charge in [-0.15, -0.1) is 0 Å². The number of nitrogens with zero attached hydrogens (tertiary/aromatic N) is 6. The van der Waals surface area contributed by atoms with Gasteiger partial charge in [-0.2, -0.15) is 4.98 Å². The number of anilines is 2. The Hall–Kier alpha value is -2.75. The molecule has 3 N–H and O–H groups in total. The van der Waals surface area contributed by atoms with Crippen LogP contribution in [0.4, 0.5) is 17.5 Å². The fraction of sp³-hybridized carbons (Fsp3) is 0.500. The van der Waals surface area contributed by atoms with Gasteiger partial charge in [0.2, 0.25) is 11.8 Å². The smallest absolute Gasteiger partial charge is 0.329 e. The minimum absolute atomic E-state index is 0.0951. The molecule has 1 aliphatic rings. The number of hydrogen-bond acceptors (Lipinski definition) is 8. The highest BCUT2D eigenvalue weighted by Gasteiger charge is 2.29. The maximum atomic E-state index is 10.8. The normalized spacial score (nSPS) is 17.0. The van der Waals surface area contributed by atoms with Crippen LogP contribution in [0.3, 0.4) is 0 Å². The highest BCUT2D eigenvalue weighted by molar-refractivity contribution is 5.53. The van der Waals surface area contributed by atoms with Crippen LogP contribution >= 0.6 is 0 Å². The number of nitrogens with two attached hydrogens (primary N) is 1. The summed E-state index contributed by atoms with van der Waals surface area (Å²) in [6.45, 7) is 1.28. The molecule has 10 nitrogen and oxygen atoms in total. The molecule has 0 aromatic carbocycles. The van der Waals surface area contributed by atoms with Crippen LogP contribution in [-0.4, -0.2) is 42.6 Å². The molecular formula is C14H19N7O3. The molecule has 0 aliphatic carbocycles. The van der Waals surface area contributed by atoms with Crippen LogP contribution in [0, 0.1) is 16.0 Å². The van der Waals surface area contributed by atoms with E-state index < -0.39 is 11.0 Å². The van der Waals surface area contributed by atoms with Gasteiger partial charge >= 0.3 is 5.69 Å². The van der Waals surface area contributed by atoms with E-state index in [1.54, 1.807) is 12.4 Å². The molecule has 2 aromatic heterocycles. The summed E-state index contributed by atoms with van der Waals surface area (Å²) < 4.78 is 1.82. The molecule has 1 fully saturated rings. The van der Waals surface area contributed by atoms with Crippen molar-refractivity contribution in [2.45, 2.75) is 18.9 Å². The van der Waals surface area contributed by atoms with Crippen LogP contribution in [0.25, 0.3) is 0 Å². The molecule has 10 heteroatoms. The molecule has 1 atom stereocenters. The standard InChI is InChI=1S/C14H19N7O3/c1-19-7-4-16-13(19)11(22)9-2-5-20(6-3-9)14-17-8-10(21(23)24)12(15)18-14/h4,7-9,11,22H,2-3,5-6H2,1H3,(H2,15,17,18). The third-order valence-corrected chi connectivity index (χ3v) is 4.37. The lowest BCUT2D eigenvalue weighted by atomic mass is 9.91. The van der Waals surface area contributed by atoms with Gasteiger partial charge in [0.1, 0.15) is 18.1 Å². The van der Waals surface area contributed by atoms with Gasteiger partial charge in [-0.25, -0.2) is 9.97 Å². The maximum absolute atomic E-state index is 10.8. The molecule has 128 valence electrons. The Balaban J connectivity index is 1.66. The molecule has 24 heavy (non-hydrogen) atoms. The van der Waals surface area contributed by atoms with Crippen molar-refractivity contribution in [3.8, 4) is 0 Å². The zero-order valence-electron chi connectivity index (χ0n) is 13.2. The second-order valence-electron chi connectivity index (χ2n) is 5.86. The molecule has 0 saturated carbocycles. The number of aromatic nitrogens is 4. The minimum atomic E-state index is -0.616. The van der Waals surface area contributed by atoms with Gasteiger partial charge in [-0.05, 0) is 18.8 Å². The topological polar surface area (TPSA) is 136 Å². The van der Waals surface area contributed by atoms with E-state index in [9.17, 15) is 15.2 Å². The first-order chi connectivity index (χ1) is 11.5. The number of aryl methyl sites for hydroxylation is 1. The average molecular weight is 333 g/mol. The summed E-state index contributed by atoms with van der Waals surface area (Å²) >= 11 is 0. The zero-order valence-corrected chi connectivity index (χ0v) is 13.2. The van der Waals surface area contributed by atoms with Crippen LogP contribution in [0.5, 0.6) is 0 Å². The van der Waals surface area contributed by atoms with E-state index in [4.69, 9.17) is 5.73 Å². The van der Waals surface area contributed by atoms with E-state index in [-0.39, 0.29) is 17.4 Å². The van der Waals surface area contributed by atoms with Crippen LogP contribution in [0.1, 0.15) is 24.8 Å². The van der Waals surface area contributed by atoms with Gasteiger partial charge in [0.25, 0.3) is 0 Å². The van der Waals surface area contributed by atoms with Gasteiger partial charge in [-0.3, -0.25) is 10.1 Å². The lowest BCUT2D eigenvalue weighted by molar-refractivity contribution is -0.384. The Morgan fingerprint density at radius 3 is 2.67 bits per heavy atom. The number of aliphatic hydroxyl groups excluding tert-OH is 1. The average Bonchev–Trinajstić information content (AvgIpc) is 3.00. The molecule has 1 aliphatic heterocycles. The molecule has 1 saturated heterocycles. The van der Waals surface area contributed by atoms with E-state index in [2.05, 4.69) is 15.0 Å². The number of hydrogen-bond donors (Lipinski definition) is 2. The lowest BCUT2D eigenvalue weighted by Crippen LogP contribution is -2.37. The number of piperidine rings is 1. The van der Waals surface area contributed by atoms with Gasteiger partial charge in [-0.1, -0.05) is 0 Å². The second-order valence-corrected chi connectivity index (χ2v) is 5.86. The molecule has 0 radical (unpaired) electrons. The first-order valence-electron chi connectivity index (χ1n) is 7.64. The molecule has 0 bridgehead atoms. The SMILES string of the molecule is Cn1ccnc1C(O)C1CCN(c2ncc([N+](=O)[O-])c(N)n2)CC1. The third kappa shape index (κ3) is 3.00. The molecule has 3 heterocycles. The summed E-state index contributed by atoms with van der Waals surface area (Å²) in [5, 5.41) is 21.2. The van der Waals surface area contributed by atoms with E-state index in [1.165, 1.54) is 0 Å². The van der Waals surface area contributed by atoms with Crippen molar-refractivity contribution < 1.29 is 10.0 Å². The maximum Gasteiger partial charge on any atom is 0.329 e. The summed E-state index contributed by atoms with van der Waals surface area (Å²) in [5.74, 6) is 0.991. The third-order valence-electron chi connectivity index (χ3n) is 4.37. The fourth-order valence-corrected chi connectivity index (χ4v) is 2.96. The minimum Gasteiger partial charge on any atom is -0.385 e. The largest absolute Gasteiger partial charge is 0.385 e. The molecule has 1 unspecified atom stereocenters. The first-order valence-corrected chi connectivity index (χ1v) is 7.64. The summed E-state index contributed by atoms with van der Waals surface area (Å²) in [5.41, 5.74) is 5.32. The summed E-state index contributed by atoms with van der Waals surface area (Å²) in [6.07, 6.45) is 5.48. The van der Waals surface area contributed by atoms with Crippen LogP contribution in [0.15, 0.2) is 18.6 Å². The van der Waals surface area contributed by atoms with Crippen molar-refractivity contribution in [3.63, 3.8) is 0 Å². The first kappa shape index (κ1) is 16.1. The highest BCUT2D eigenvalue weighted by Crippen LogP contribution is 2.31. The summed E-state index contributed by atoms with van der Waals surface area (Å²) in [7, 11) is 1.86. The van der Waals surface area contributed by atoms with Gasteiger partial charge < -0.3 is 20.3 Å². The highest BCUT2D eigenvalue weighted by atomic mass is 16.6. The Morgan fingerprint density at radius 1 is 1.42 bits per heavy atom. The monoisotopic (exact) mass is 333 g/mol. The zero-order chi connectivity index (χ0) is 17.3. The molecule has 0 spiro atoms. The lowest BCUT2D eigenvalue weighted by Gasteiger charge is -2.33. The van der Waals surface area contributed by atoms with Gasteiger partial charge in [0.15, 0.2) is 0 Å². The summed E-state index contributed by atoms with van der Waals surface area (Å²) in [6, 6.07) is 0. The predicted molar refractivity (Wildman–Crippen MR) is 86.2 cm³/mol. The fourth-order valence-electron chi connectivity index (χ4n) is 2.96.